The number of esters is 1. The highest BCUT2D eigenvalue weighted by atomic mass is 19.1. The summed E-state index contributed by atoms with van der Waals surface area (Å²) in [5.41, 5.74) is 0. The van der Waals surface area contributed by atoms with Gasteiger partial charge in [-0.25, -0.2) is 4.39 Å². The van der Waals surface area contributed by atoms with Crippen LogP contribution in [0.25, 0.3) is 0 Å². The number of alkyl halides is 1. The van der Waals surface area contributed by atoms with Crippen molar-refractivity contribution in [3.05, 3.63) is 0 Å². The van der Waals surface area contributed by atoms with E-state index in [2.05, 4.69) is 4.74 Å². The van der Waals surface area contributed by atoms with E-state index in [1.54, 1.807) is 0 Å². The molecule has 2 nitrogen and oxygen atoms in total. The van der Waals surface area contributed by atoms with Gasteiger partial charge in [0, 0.05) is 0 Å². The monoisotopic (exact) mass is 162 g/mol. The van der Waals surface area contributed by atoms with E-state index in [0.29, 0.717) is 6.42 Å². The van der Waals surface area contributed by atoms with E-state index in [-0.39, 0.29) is 6.42 Å². The zero-order valence-electron chi connectivity index (χ0n) is 7.10. The highest BCUT2D eigenvalue weighted by molar-refractivity contribution is 5.69. The Morgan fingerprint density at radius 1 is 1.64 bits per heavy atom. The molecule has 0 aliphatic carbocycles. The van der Waals surface area contributed by atoms with Crippen LogP contribution in [0.3, 0.4) is 0 Å². The molecule has 3 heteroatoms. The first kappa shape index (κ1) is 10.4. The largest absolute Gasteiger partial charge is 0.469 e. The molecule has 0 aromatic carbocycles. The third-order valence-corrected chi connectivity index (χ3v) is 1.49. The van der Waals surface area contributed by atoms with Crippen molar-refractivity contribution in [1.82, 2.24) is 0 Å². The van der Waals surface area contributed by atoms with Crippen molar-refractivity contribution in [3.8, 4) is 0 Å². The lowest BCUT2D eigenvalue weighted by molar-refractivity contribution is -0.141. The van der Waals surface area contributed by atoms with Crippen LogP contribution >= 0.6 is 0 Å². The molecule has 0 spiro atoms. The molecule has 66 valence electrons. The number of carbonyl (C=O) groups is 1. The molecule has 11 heavy (non-hydrogen) atoms. The summed E-state index contributed by atoms with van der Waals surface area (Å²) in [4.78, 5) is 10.5. The second kappa shape index (κ2) is 6.13. The summed E-state index contributed by atoms with van der Waals surface area (Å²) >= 11 is 0. The van der Waals surface area contributed by atoms with Crippen molar-refractivity contribution in [2.45, 2.75) is 38.8 Å². The van der Waals surface area contributed by atoms with Crippen LogP contribution in [0.2, 0.25) is 0 Å². The molecule has 1 unspecified atom stereocenters. The molecular weight excluding hydrogens is 147 g/mol. The second-order valence-corrected chi connectivity index (χ2v) is 2.52. The van der Waals surface area contributed by atoms with Crippen LogP contribution in [0.1, 0.15) is 32.6 Å². The number of hydrogen-bond donors (Lipinski definition) is 0. The van der Waals surface area contributed by atoms with Gasteiger partial charge in [-0.05, 0) is 6.42 Å². The fourth-order valence-corrected chi connectivity index (χ4v) is 0.792. The fraction of sp³-hybridized carbons (Fsp3) is 0.875. The number of methoxy groups -OCH3 is 1. The molecular formula is C8H15FO2. The lowest BCUT2D eigenvalue weighted by Gasteiger charge is -2.04. The predicted octanol–water partition coefficient (Wildman–Crippen LogP) is 2.08. The summed E-state index contributed by atoms with van der Waals surface area (Å²) in [5, 5.41) is 0. The maximum Gasteiger partial charge on any atom is 0.308 e. The Morgan fingerprint density at radius 2 is 2.27 bits per heavy atom. The van der Waals surface area contributed by atoms with E-state index in [9.17, 15) is 9.18 Å². The van der Waals surface area contributed by atoms with Crippen LogP contribution in [-0.2, 0) is 9.53 Å². The Kier molecular flexibility index (Phi) is 5.80. The second-order valence-electron chi connectivity index (χ2n) is 2.52. The molecule has 1 atom stereocenters. The summed E-state index contributed by atoms with van der Waals surface area (Å²) in [6, 6.07) is 0. The maximum atomic E-state index is 12.7. The first-order valence-electron chi connectivity index (χ1n) is 3.91. The van der Waals surface area contributed by atoms with E-state index < -0.39 is 12.1 Å². The molecule has 0 aliphatic heterocycles. The minimum atomic E-state index is -1.03. The lowest BCUT2D eigenvalue weighted by atomic mass is 10.1. The molecule has 0 aromatic heterocycles. The van der Waals surface area contributed by atoms with Gasteiger partial charge < -0.3 is 4.74 Å². The number of unbranched alkanes of at least 4 members (excludes halogenated alkanes) is 1. The Bertz CT molecular complexity index is 115. The molecule has 0 radical (unpaired) electrons. The third-order valence-electron chi connectivity index (χ3n) is 1.49. The van der Waals surface area contributed by atoms with Crippen LogP contribution in [-0.4, -0.2) is 19.3 Å². The van der Waals surface area contributed by atoms with Crippen molar-refractivity contribution >= 4 is 5.97 Å². The highest BCUT2D eigenvalue weighted by Crippen LogP contribution is 2.08. The van der Waals surface area contributed by atoms with Gasteiger partial charge in [-0.1, -0.05) is 19.8 Å². The third kappa shape index (κ3) is 5.83. The molecule has 0 aliphatic rings. The summed E-state index contributed by atoms with van der Waals surface area (Å²) in [5.74, 6) is -0.464. The quantitative estimate of drug-likeness (QED) is 0.578. The van der Waals surface area contributed by atoms with Gasteiger partial charge in [-0.3, -0.25) is 4.79 Å². The van der Waals surface area contributed by atoms with Gasteiger partial charge in [-0.15, -0.1) is 0 Å². The molecule has 0 saturated heterocycles. The zero-order chi connectivity index (χ0) is 8.69. The van der Waals surface area contributed by atoms with Gasteiger partial charge in [-0.2, -0.15) is 0 Å². The van der Waals surface area contributed by atoms with Crippen molar-refractivity contribution in [2.24, 2.45) is 0 Å². The number of ether oxygens (including phenoxy) is 1. The average molecular weight is 162 g/mol. The van der Waals surface area contributed by atoms with E-state index in [1.165, 1.54) is 7.11 Å². The van der Waals surface area contributed by atoms with Crippen molar-refractivity contribution in [1.29, 1.82) is 0 Å². The molecule has 0 fully saturated rings. The lowest BCUT2D eigenvalue weighted by Crippen LogP contribution is -2.10. The standard InChI is InChI=1S/C8H15FO2/c1-3-4-5-7(9)6-8(10)11-2/h7H,3-6H2,1-2H3. The Morgan fingerprint density at radius 3 is 2.73 bits per heavy atom. The first-order valence-corrected chi connectivity index (χ1v) is 3.91. The zero-order valence-corrected chi connectivity index (χ0v) is 7.10. The summed E-state index contributed by atoms with van der Waals surface area (Å²) in [6.07, 6.45) is 1.13. The number of carbonyl (C=O) groups excluding carboxylic acids is 1. The highest BCUT2D eigenvalue weighted by Gasteiger charge is 2.11. The topological polar surface area (TPSA) is 26.3 Å². The molecule has 0 rings (SSSR count). The first-order chi connectivity index (χ1) is 5.20. The van der Waals surface area contributed by atoms with Gasteiger partial charge in [0.15, 0.2) is 0 Å². The van der Waals surface area contributed by atoms with Gasteiger partial charge in [0.2, 0.25) is 0 Å². The molecule has 0 amide bonds. The van der Waals surface area contributed by atoms with Gasteiger partial charge in [0.25, 0.3) is 0 Å². The van der Waals surface area contributed by atoms with E-state index in [4.69, 9.17) is 0 Å². The summed E-state index contributed by atoms with van der Waals surface area (Å²) in [6.45, 7) is 1.99. The van der Waals surface area contributed by atoms with Crippen molar-refractivity contribution in [3.63, 3.8) is 0 Å². The molecule has 0 N–H and O–H groups in total. The van der Waals surface area contributed by atoms with Crippen molar-refractivity contribution in [2.75, 3.05) is 7.11 Å². The predicted molar refractivity (Wildman–Crippen MR) is 41.1 cm³/mol. The number of rotatable bonds is 5. The fourth-order valence-electron chi connectivity index (χ4n) is 0.792. The summed E-state index contributed by atoms with van der Waals surface area (Å²) < 4.78 is 17.0. The minimum absolute atomic E-state index is 0.101. The molecule has 0 bridgehead atoms. The number of hydrogen-bond acceptors (Lipinski definition) is 2. The van der Waals surface area contributed by atoms with Gasteiger partial charge in [0.05, 0.1) is 13.5 Å². The van der Waals surface area contributed by atoms with Crippen molar-refractivity contribution < 1.29 is 13.9 Å². The smallest absolute Gasteiger partial charge is 0.308 e. The van der Waals surface area contributed by atoms with Gasteiger partial charge in [0.1, 0.15) is 6.17 Å². The number of halogens is 1. The summed E-state index contributed by atoms with van der Waals surface area (Å²) in [7, 11) is 1.27. The van der Waals surface area contributed by atoms with E-state index >= 15 is 0 Å². The van der Waals surface area contributed by atoms with Crippen LogP contribution < -0.4 is 0 Å². The van der Waals surface area contributed by atoms with E-state index in [1.807, 2.05) is 6.92 Å². The van der Waals surface area contributed by atoms with Crippen LogP contribution in [0.4, 0.5) is 4.39 Å². The van der Waals surface area contributed by atoms with E-state index in [0.717, 1.165) is 12.8 Å². The van der Waals surface area contributed by atoms with Gasteiger partial charge >= 0.3 is 5.97 Å². The average Bonchev–Trinajstić information content (AvgIpc) is 2.00. The minimum Gasteiger partial charge on any atom is -0.469 e. The molecule has 0 aromatic rings. The van der Waals surface area contributed by atoms with Crippen LogP contribution in [0.5, 0.6) is 0 Å². The van der Waals surface area contributed by atoms with Crippen LogP contribution in [0.15, 0.2) is 0 Å². The Hall–Kier alpha value is -0.600. The maximum absolute atomic E-state index is 12.7. The normalized spacial score (nSPS) is 12.6. The molecule has 0 heterocycles. The Labute approximate surface area is 66.7 Å². The SMILES string of the molecule is CCCCC(F)CC(=O)OC. The molecule has 0 saturated carbocycles. The Balaban J connectivity index is 3.35. The van der Waals surface area contributed by atoms with Crippen LogP contribution in [0, 0.1) is 0 Å².